The number of rotatable bonds is 4. The fourth-order valence-electron chi connectivity index (χ4n) is 0.898. The zero-order chi connectivity index (χ0) is 9.07. The molecule has 0 radical (unpaired) electrons. The minimum absolute atomic E-state index is 0. The maximum atomic E-state index is 10.1. The van der Waals surface area contributed by atoms with E-state index in [-0.39, 0.29) is 31.2 Å². The van der Waals surface area contributed by atoms with Crippen molar-refractivity contribution in [2.75, 3.05) is 27.7 Å². The lowest BCUT2D eigenvalue weighted by Gasteiger charge is -2.25. The van der Waals surface area contributed by atoms with Crippen LogP contribution in [0.1, 0.15) is 6.42 Å². The molecule has 0 aromatic rings. The molecule has 0 aromatic carbocycles. The molecule has 13 heavy (non-hydrogen) atoms. The third-order valence-corrected chi connectivity index (χ3v) is 1.17. The number of hydrogen-bond acceptors (Lipinski definition) is 2. The predicted octanol–water partition coefficient (Wildman–Crippen LogP) is 0.372. The molecular weight excluding hydrogens is 217 g/mol. The maximum absolute atomic E-state index is 10.1. The van der Waals surface area contributed by atoms with Crippen LogP contribution < -0.4 is 0 Å². The van der Waals surface area contributed by atoms with Crippen LogP contribution in [0.5, 0.6) is 0 Å². The van der Waals surface area contributed by atoms with Crippen LogP contribution in [0.2, 0.25) is 0 Å². The summed E-state index contributed by atoms with van der Waals surface area (Å²) in [6.07, 6.45) is -0.914. The van der Waals surface area contributed by atoms with Gasteiger partial charge in [0.15, 0.2) is 0 Å². The van der Waals surface area contributed by atoms with Crippen LogP contribution in [0.15, 0.2) is 0 Å². The second-order valence-corrected chi connectivity index (χ2v) is 3.72. The number of carboxylic acid groups (broad SMARTS) is 1. The van der Waals surface area contributed by atoms with Crippen molar-refractivity contribution < 1.29 is 19.5 Å². The molecule has 0 fully saturated rings. The Morgan fingerprint density at radius 3 is 1.92 bits per heavy atom. The van der Waals surface area contributed by atoms with Gasteiger partial charge < -0.3 is 14.7 Å². The van der Waals surface area contributed by atoms with Gasteiger partial charge in [-0.05, 0) is 0 Å². The van der Waals surface area contributed by atoms with E-state index in [4.69, 9.17) is 10.2 Å². The Kier molecular flexibility index (Phi) is 10.6. The smallest absolute Gasteiger partial charge is 0.306 e. The average molecular weight is 235 g/mol. The van der Waals surface area contributed by atoms with E-state index in [0.29, 0.717) is 11.0 Å². The van der Waals surface area contributed by atoms with Crippen LogP contribution in [0.3, 0.4) is 0 Å². The first-order chi connectivity index (χ1) is 4.81. The normalized spacial score (nSPS) is 12.3. The van der Waals surface area contributed by atoms with E-state index in [0.717, 1.165) is 0 Å². The van der Waals surface area contributed by atoms with Crippen molar-refractivity contribution in [2.45, 2.75) is 12.5 Å². The van der Waals surface area contributed by atoms with Crippen molar-refractivity contribution in [1.82, 2.24) is 0 Å². The molecule has 0 amide bonds. The summed E-state index contributed by atoms with van der Waals surface area (Å²) in [6, 6.07) is 0. The molecule has 0 saturated carbocycles. The number of likely N-dealkylation sites (N-methyl/N-ethyl adjacent to an activating group) is 1. The van der Waals surface area contributed by atoms with Crippen molar-refractivity contribution >= 4 is 30.8 Å². The van der Waals surface area contributed by atoms with E-state index in [1.807, 2.05) is 21.1 Å². The van der Waals surface area contributed by atoms with Crippen LogP contribution in [0.25, 0.3) is 0 Å². The zero-order valence-corrected chi connectivity index (χ0v) is 9.69. The first-order valence-corrected chi connectivity index (χ1v) is 3.51. The number of carboxylic acids is 1. The van der Waals surface area contributed by atoms with Crippen LogP contribution in [-0.4, -0.2) is 54.5 Å². The minimum Gasteiger partial charge on any atom is -0.481 e. The van der Waals surface area contributed by atoms with Gasteiger partial charge in [-0.2, -0.15) is 0 Å². The summed E-state index contributed by atoms with van der Waals surface area (Å²) in [5.74, 6) is -0.953. The Morgan fingerprint density at radius 1 is 1.31 bits per heavy atom. The number of quaternary nitrogens is 1. The number of halogens is 2. The summed E-state index contributed by atoms with van der Waals surface area (Å²) >= 11 is 0. The number of nitrogens with zero attached hydrogens (tertiary/aromatic N) is 1. The first-order valence-electron chi connectivity index (χ1n) is 3.51. The lowest BCUT2D eigenvalue weighted by atomic mass is 10.2. The predicted molar refractivity (Wildman–Crippen MR) is 55.7 cm³/mol. The van der Waals surface area contributed by atoms with Gasteiger partial charge in [-0.3, -0.25) is 4.79 Å². The van der Waals surface area contributed by atoms with Gasteiger partial charge in [0.05, 0.1) is 27.6 Å². The lowest BCUT2D eigenvalue weighted by Crippen LogP contribution is -2.42. The molecule has 2 N–H and O–H groups in total. The average Bonchev–Trinajstić information content (AvgIpc) is 1.53. The lowest BCUT2D eigenvalue weighted by molar-refractivity contribution is -0.873. The van der Waals surface area contributed by atoms with Crippen molar-refractivity contribution in [3.8, 4) is 0 Å². The third kappa shape index (κ3) is 14.8. The molecule has 0 aromatic heterocycles. The fraction of sp³-hybridized carbons (Fsp3) is 0.857. The molecule has 0 heterocycles. The third-order valence-electron chi connectivity index (χ3n) is 1.17. The van der Waals surface area contributed by atoms with E-state index < -0.39 is 12.1 Å². The molecule has 0 saturated heterocycles. The molecular formula is C7H18Cl2NO3+. The minimum atomic E-state index is -0.953. The summed E-state index contributed by atoms with van der Waals surface area (Å²) in [4.78, 5) is 10.1. The molecule has 6 heteroatoms. The highest BCUT2D eigenvalue weighted by Crippen LogP contribution is 1.98. The van der Waals surface area contributed by atoms with E-state index >= 15 is 0 Å². The van der Waals surface area contributed by atoms with Gasteiger partial charge in [0.2, 0.25) is 0 Å². The van der Waals surface area contributed by atoms with Gasteiger partial charge in [-0.1, -0.05) is 0 Å². The Hall–Kier alpha value is -0.0300. The second kappa shape index (κ2) is 7.38. The fourth-order valence-corrected chi connectivity index (χ4v) is 0.898. The topological polar surface area (TPSA) is 57.5 Å². The molecule has 82 valence electrons. The van der Waals surface area contributed by atoms with Crippen LogP contribution in [0, 0.1) is 0 Å². The highest BCUT2D eigenvalue weighted by molar-refractivity contribution is 5.85. The number of aliphatic hydroxyl groups excluding tert-OH is 1. The van der Waals surface area contributed by atoms with Gasteiger partial charge >= 0.3 is 5.97 Å². The van der Waals surface area contributed by atoms with Gasteiger partial charge in [0.25, 0.3) is 0 Å². The zero-order valence-electron chi connectivity index (χ0n) is 8.06. The summed E-state index contributed by atoms with van der Waals surface area (Å²) in [5, 5.41) is 17.5. The van der Waals surface area contributed by atoms with Gasteiger partial charge in [-0.25, -0.2) is 0 Å². The molecule has 0 rings (SSSR count). The van der Waals surface area contributed by atoms with Crippen LogP contribution in [-0.2, 0) is 4.79 Å². The SMILES string of the molecule is C[N+](C)(C)CC(O)CC(=O)O.Cl.Cl. The van der Waals surface area contributed by atoms with Crippen molar-refractivity contribution in [1.29, 1.82) is 0 Å². The quantitative estimate of drug-likeness (QED) is 0.692. The first kappa shape index (κ1) is 18.7. The molecule has 0 aliphatic rings. The monoisotopic (exact) mass is 234 g/mol. The van der Waals surface area contributed by atoms with Crippen LogP contribution >= 0.6 is 24.8 Å². The van der Waals surface area contributed by atoms with Crippen molar-refractivity contribution in [3.05, 3.63) is 0 Å². The standard InChI is InChI=1S/C7H15NO3.2ClH/c1-8(2,3)5-6(9)4-7(10)11;;/h6,9H,4-5H2,1-3H3;2*1H/p+1. The van der Waals surface area contributed by atoms with Gasteiger partial charge in [-0.15, -0.1) is 24.8 Å². The Balaban J connectivity index is -0.000000500. The van der Waals surface area contributed by atoms with E-state index in [9.17, 15) is 4.79 Å². The molecule has 4 nitrogen and oxygen atoms in total. The maximum Gasteiger partial charge on any atom is 0.306 e. The summed E-state index contributed by atoms with van der Waals surface area (Å²) in [7, 11) is 5.72. The van der Waals surface area contributed by atoms with Gasteiger partial charge in [0.1, 0.15) is 12.6 Å². The number of aliphatic hydroxyl groups is 1. The van der Waals surface area contributed by atoms with Gasteiger partial charge in [0, 0.05) is 0 Å². The Labute approximate surface area is 91.0 Å². The van der Waals surface area contributed by atoms with Crippen molar-refractivity contribution in [2.24, 2.45) is 0 Å². The highest BCUT2D eigenvalue weighted by atomic mass is 35.5. The van der Waals surface area contributed by atoms with Crippen LogP contribution in [0.4, 0.5) is 0 Å². The summed E-state index contributed by atoms with van der Waals surface area (Å²) in [6.45, 7) is 0.465. The number of carbonyl (C=O) groups is 1. The van der Waals surface area contributed by atoms with E-state index in [1.54, 1.807) is 0 Å². The summed E-state index contributed by atoms with van der Waals surface area (Å²) < 4.78 is 0.578. The second-order valence-electron chi connectivity index (χ2n) is 3.72. The molecule has 0 aliphatic carbocycles. The molecule has 0 bridgehead atoms. The largest absolute Gasteiger partial charge is 0.481 e. The molecule has 1 unspecified atom stereocenters. The number of hydrogen-bond donors (Lipinski definition) is 2. The molecule has 1 atom stereocenters. The molecule has 0 aliphatic heterocycles. The van der Waals surface area contributed by atoms with E-state index in [2.05, 4.69) is 0 Å². The highest BCUT2D eigenvalue weighted by Gasteiger charge is 2.17. The molecule has 0 spiro atoms. The van der Waals surface area contributed by atoms with E-state index in [1.165, 1.54) is 0 Å². The summed E-state index contributed by atoms with van der Waals surface area (Å²) in [5.41, 5.74) is 0. The Morgan fingerprint density at radius 2 is 1.69 bits per heavy atom. The van der Waals surface area contributed by atoms with Crippen molar-refractivity contribution in [3.63, 3.8) is 0 Å². The Bertz CT molecular complexity index is 147. The number of aliphatic carboxylic acids is 1.